The summed E-state index contributed by atoms with van der Waals surface area (Å²) in [6, 6.07) is 7.27. The maximum Gasteiger partial charge on any atom is 0.249 e. The molecule has 0 saturated carbocycles. The Morgan fingerprint density at radius 2 is 1.90 bits per heavy atom. The van der Waals surface area contributed by atoms with Gasteiger partial charge in [-0.3, -0.25) is 5.41 Å². The molecule has 0 fully saturated rings. The maximum absolute atomic E-state index is 7.47. The molecule has 0 saturated heterocycles. The summed E-state index contributed by atoms with van der Waals surface area (Å²) in [4.78, 5) is 8.04. The Hall–Kier alpha value is -2.63. The van der Waals surface area contributed by atoms with E-state index in [0.29, 0.717) is 18.1 Å². The van der Waals surface area contributed by atoms with Crippen molar-refractivity contribution in [3.63, 3.8) is 0 Å². The van der Waals surface area contributed by atoms with Crippen LogP contribution in [-0.2, 0) is 0 Å². The summed E-state index contributed by atoms with van der Waals surface area (Å²) in [6.07, 6.45) is 3.85. The minimum Gasteiger partial charge on any atom is -0.490 e. The first-order valence-corrected chi connectivity index (χ1v) is 6.27. The van der Waals surface area contributed by atoms with Crippen molar-refractivity contribution >= 4 is 5.84 Å². The first-order chi connectivity index (χ1) is 9.72. The Morgan fingerprint density at radius 3 is 2.60 bits per heavy atom. The Morgan fingerprint density at radius 1 is 1.20 bits per heavy atom. The standard InChI is InChI=1S/C14H16N4O2/c1-2-9-19-10-5-3-4-6-11(10)20-14-12(13(15)16)17-7-8-18-14/h3-8H,2,9H2,1H3,(H3,15,16). The molecule has 0 aliphatic carbocycles. The largest absolute Gasteiger partial charge is 0.490 e. The molecule has 20 heavy (non-hydrogen) atoms. The molecule has 1 heterocycles. The van der Waals surface area contributed by atoms with Crippen LogP contribution in [-0.4, -0.2) is 22.4 Å². The molecule has 0 aliphatic rings. The average Bonchev–Trinajstić information content (AvgIpc) is 2.47. The summed E-state index contributed by atoms with van der Waals surface area (Å²) < 4.78 is 11.3. The van der Waals surface area contributed by atoms with Crippen LogP contribution in [0.4, 0.5) is 0 Å². The smallest absolute Gasteiger partial charge is 0.249 e. The molecule has 6 nitrogen and oxygen atoms in total. The first-order valence-electron chi connectivity index (χ1n) is 6.27. The molecular formula is C14H16N4O2. The van der Waals surface area contributed by atoms with Crippen molar-refractivity contribution in [2.75, 3.05) is 6.61 Å². The lowest BCUT2D eigenvalue weighted by atomic mass is 10.3. The second-order valence-corrected chi connectivity index (χ2v) is 4.02. The van der Waals surface area contributed by atoms with Crippen LogP contribution in [0.25, 0.3) is 0 Å². The van der Waals surface area contributed by atoms with Crippen LogP contribution in [0, 0.1) is 5.41 Å². The lowest BCUT2D eigenvalue weighted by Crippen LogP contribution is -2.15. The van der Waals surface area contributed by atoms with E-state index in [2.05, 4.69) is 9.97 Å². The number of nitrogens with two attached hydrogens (primary N) is 1. The van der Waals surface area contributed by atoms with Crippen molar-refractivity contribution in [1.82, 2.24) is 9.97 Å². The van der Waals surface area contributed by atoms with Gasteiger partial charge in [-0.1, -0.05) is 19.1 Å². The van der Waals surface area contributed by atoms with Gasteiger partial charge in [-0.15, -0.1) is 0 Å². The number of amidine groups is 1. The quantitative estimate of drug-likeness (QED) is 0.621. The van der Waals surface area contributed by atoms with Gasteiger partial charge in [0, 0.05) is 12.4 Å². The normalized spacial score (nSPS) is 10.1. The second kappa shape index (κ2) is 6.51. The highest BCUT2D eigenvalue weighted by molar-refractivity contribution is 5.95. The van der Waals surface area contributed by atoms with E-state index in [0.717, 1.165) is 6.42 Å². The third-order valence-corrected chi connectivity index (χ3v) is 2.44. The van der Waals surface area contributed by atoms with E-state index < -0.39 is 0 Å². The van der Waals surface area contributed by atoms with Crippen LogP contribution in [0.2, 0.25) is 0 Å². The fourth-order valence-electron chi connectivity index (χ4n) is 1.55. The van der Waals surface area contributed by atoms with Gasteiger partial charge in [-0.05, 0) is 18.6 Å². The molecule has 0 atom stereocenters. The first kappa shape index (κ1) is 13.8. The van der Waals surface area contributed by atoms with E-state index in [4.69, 9.17) is 20.6 Å². The predicted molar refractivity (Wildman–Crippen MR) is 75.4 cm³/mol. The molecule has 0 bridgehead atoms. The lowest BCUT2D eigenvalue weighted by Gasteiger charge is -2.12. The van der Waals surface area contributed by atoms with E-state index in [1.165, 1.54) is 12.4 Å². The summed E-state index contributed by atoms with van der Waals surface area (Å²) in [5, 5.41) is 7.47. The van der Waals surface area contributed by atoms with Crippen molar-refractivity contribution in [3.05, 3.63) is 42.4 Å². The van der Waals surface area contributed by atoms with E-state index in [1.807, 2.05) is 25.1 Å². The highest BCUT2D eigenvalue weighted by Crippen LogP contribution is 2.31. The Balaban J connectivity index is 2.28. The predicted octanol–water partition coefficient (Wildman–Crippen LogP) is 2.34. The number of nitrogen functional groups attached to an aromatic ring is 1. The minimum atomic E-state index is -0.194. The topological polar surface area (TPSA) is 94.1 Å². The molecule has 104 valence electrons. The molecule has 6 heteroatoms. The maximum atomic E-state index is 7.47. The fraction of sp³-hybridized carbons (Fsp3) is 0.214. The van der Waals surface area contributed by atoms with Crippen molar-refractivity contribution in [2.45, 2.75) is 13.3 Å². The highest BCUT2D eigenvalue weighted by Gasteiger charge is 2.13. The third kappa shape index (κ3) is 3.23. The zero-order valence-electron chi connectivity index (χ0n) is 11.2. The van der Waals surface area contributed by atoms with Gasteiger partial charge in [0.15, 0.2) is 17.2 Å². The molecule has 1 aromatic heterocycles. The molecule has 2 rings (SSSR count). The summed E-state index contributed by atoms with van der Waals surface area (Å²) in [6.45, 7) is 2.63. The number of rotatable bonds is 6. The van der Waals surface area contributed by atoms with Crippen LogP contribution in [0.1, 0.15) is 19.0 Å². The van der Waals surface area contributed by atoms with Crippen LogP contribution in [0.3, 0.4) is 0 Å². The van der Waals surface area contributed by atoms with Gasteiger partial charge in [0.05, 0.1) is 6.61 Å². The molecule has 2 aromatic rings. The summed E-state index contributed by atoms with van der Waals surface area (Å²) in [7, 11) is 0. The van der Waals surface area contributed by atoms with Gasteiger partial charge in [0.25, 0.3) is 0 Å². The number of para-hydroxylation sites is 2. The molecule has 0 unspecified atom stereocenters. The molecule has 0 amide bonds. The Labute approximate surface area is 117 Å². The van der Waals surface area contributed by atoms with Crippen LogP contribution in [0.15, 0.2) is 36.7 Å². The van der Waals surface area contributed by atoms with Crippen molar-refractivity contribution in [2.24, 2.45) is 5.73 Å². The Kier molecular flexibility index (Phi) is 4.49. The van der Waals surface area contributed by atoms with Crippen molar-refractivity contribution in [1.29, 1.82) is 5.41 Å². The van der Waals surface area contributed by atoms with E-state index >= 15 is 0 Å². The van der Waals surface area contributed by atoms with Gasteiger partial charge in [-0.25, -0.2) is 9.97 Å². The molecule has 0 spiro atoms. The molecule has 0 radical (unpaired) electrons. The second-order valence-electron chi connectivity index (χ2n) is 4.02. The average molecular weight is 272 g/mol. The van der Waals surface area contributed by atoms with Gasteiger partial charge in [0.2, 0.25) is 5.88 Å². The fourth-order valence-corrected chi connectivity index (χ4v) is 1.55. The van der Waals surface area contributed by atoms with Crippen molar-refractivity contribution < 1.29 is 9.47 Å². The monoisotopic (exact) mass is 272 g/mol. The lowest BCUT2D eigenvalue weighted by molar-refractivity contribution is 0.300. The molecule has 0 aliphatic heterocycles. The minimum absolute atomic E-state index is 0.188. The van der Waals surface area contributed by atoms with Gasteiger partial charge in [-0.2, -0.15) is 0 Å². The third-order valence-electron chi connectivity index (χ3n) is 2.44. The van der Waals surface area contributed by atoms with E-state index in [-0.39, 0.29) is 17.4 Å². The molecular weight excluding hydrogens is 256 g/mol. The summed E-state index contributed by atoms with van der Waals surface area (Å²) >= 11 is 0. The summed E-state index contributed by atoms with van der Waals surface area (Å²) in [5.41, 5.74) is 5.66. The molecule has 3 N–H and O–H groups in total. The Bertz CT molecular complexity index is 601. The number of hydrogen-bond acceptors (Lipinski definition) is 5. The SMILES string of the molecule is CCCOc1ccccc1Oc1nccnc1C(=N)N. The van der Waals surface area contributed by atoms with Crippen LogP contribution in [0.5, 0.6) is 17.4 Å². The summed E-state index contributed by atoms with van der Waals surface area (Å²) in [5.74, 6) is 1.13. The van der Waals surface area contributed by atoms with Crippen LogP contribution >= 0.6 is 0 Å². The van der Waals surface area contributed by atoms with Crippen LogP contribution < -0.4 is 15.2 Å². The van der Waals surface area contributed by atoms with Gasteiger partial charge in [0.1, 0.15) is 5.84 Å². The van der Waals surface area contributed by atoms with E-state index in [1.54, 1.807) is 6.07 Å². The zero-order valence-corrected chi connectivity index (χ0v) is 11.2. The number of ether oxygens (including phenoxy) is 2. The number of aromatic nitrogens is 2. The molecule has 1 aromatic carbocycles. The van der Waals surface area contributed by atoms with E-state index in [9.17, 15) is 0 Å². The highest BCUT2D eigenvalue weighted by atomic mass is 16.5. The number of nitrogens with one attached hydrogen (secondary N) is 1. The number of hydrogen-bond donors (Lipinski definition) is 2. The number of benzene rings is 1. The number of nitrogens with zero attached hydrogens (tertiary/aromatic N) is 2. The van der Waals surface area contributed by atoms with Crippen molar-refractivity contribution in [3.8, 4) is 17.4 Å². The van der Waals surface area contributed by atoms with Gasteiger partial charge >= 0.3 is 0 Å². The zero-order chi connectivity index (χ0) is 14.4. The van der Waals surface area contributed by atoms with Gasteiger partial charge < -0.3 is 15.2 Å².